The highest BCUT2D eigenvalue weighted by atomic mass is 32.2. The molecule has 2 aromatic rings. The summed E-state index contributed by atoms with van der Waals surface area (Å²) in [5.74, 6) is 0.0574. The Morgan fingerprint density at radius 2 is 2.04 bits per heavy atom. The number of amides is 1. The number of anilines is 2. The number of hydrogen-bond donors (Lipinski definition) is 2. The van der Waals surface area contributed by atoms with Gasteiger partial charge in [0.1, 0.15) is 0 Å². The Morgan fingerprint density at radius 1 is 1.25 bits per heavy atom. The molecule has 4 rings (SSSR count). The van der Waals surface area contributed by atoms with Crippen molar-refractivity contribution in [2.75, 3.05) is 35.7 Å². The molecule has 2 N–H and O–H groups in total. The van der Waals surface area contributed by atoms with Gasteiger partial charge in [0.2, 0.25) is 5.91 Å². The molecule has 0 radical (unpaired) electrons. The van der Waals surface area contributed by atoms with E-state index in [1.165, 1.54) is 30.3 Å². The van der Waals surface area contributed by atoms with Crippen LogP contribution in [-0.2, 0) is 16.1 Å². The molecule has 3 heterocycles. The first-order valence-corrected chi connectivity index (χ1v) is 10.7. The van der Waals surface area contributed by atoms with Crippen LogP contribution in [0.4, 0.5) is 11.4 Å². The van der Waals surface area contributed by atoms with Gasteiger partial charge in [-0.05, 0) is 49.9 Å². The summed E-state index contributed by atoms with van der Waals surface area (Å²) in [6.07, 6.45) is 4.47. The first-order chi connectivity index (χ1) is 13.7. The number of carbonyl (C=O) groups excluding carboxylic acids is 1. The molecule has 0 spiro atoms. The van der Waals surface area contributed by atoms with Gasteiger partial charge >= 0.3 is 5.69 Å². The van der Waals surface area contributed by atoms with Crippen molar-refractivity contribution in [1.82, 2.24) is 14.8 Å². The van der Waals surface area contributed by atoms with Crippen LogP contribution in [0.15, 0.2) is 34.2 Å². The molecule has 2 aliphatic rings. The zero-order valence-corrected chi connectivity index (χ0v) is 16.5. The van der Waals surface area contributed by atoms with E-state index < -0.39 is 0 Å². The molecule has 28 heavy (non-hydrogen) atoms. The van der Waals surface area contributed by atoms with Crippen LogP contribution < -0.4 is 15.9 Å². The maximum atomic E-state index is 12.3. The molecule has 0 saturated carbocycles. The third kappa shape index (κ3) is 4.59. The second kappa shape index (κ2) is 8.83. The van der Waals surface area contributed by atoms with Crippen molar-refractivity contribution in [2.24, 2.45) is 0 Å². The van der Waals surface area contributed by atoms with Gasteiger partial charge in [-0.2, -0.15) is 0 Å². The van der Waals surface area contributed by atoms with E-state index in [1.54, 1.807) is 4.57 Å². The molecule has 9 heteroatoms. The number of thioether (sulfide) groups is 1. The van der Waals surface area contributed by atoms with Crippen LogP contribution in [0.25, 0.3) is 0 Å². The number of aromatic amines is 1. The predicted octanol–water partition coefficient (Wildman–Crippen LogP) is 2.08. The van der Waals surface area contributed by atoms with Crippen LogP contribution in [0.1, 0.15) is 25.7 Å². The number of ether oxygens (including phenoxy) is 1. The molecule has 2 aliphatic heterocycles. The minimum atomic E-state index is -0.268. The lowest BCUT2D eigenvalue weighted by Crippen LogP contribution is -2.25. The smallest absolute Gasteiger partial charge is 0.344 e. The van der Waals surface area contributed by atoms with Crippen LogP contribution in [0, 0.1) is 0 Å². The highest BCUT2D eigenvalue weighted by Crippen LogP contribution is 2.22. The number of nitrogens with one attached hydrogen (secondary N) is 2. The Morgan fingerprint density at radius 3 is 2.75 bits per heavy atom. The minimum absolute atomic E-state index is 0.0394. The van der Waals surface area contributed by atoms with Crippen molar-refractivity contribution >= 4 is 29.0 Å². The molecule has 2 fully saturated rings. The third-order valence-corrected chi connectivity index (χ3v) is 6.06. The van der Waals surface area contributed by atoms with Crippen molar-refractivity contribution in [2.45, 2.75) is 43.5 Å². The number of aromatic nitrogens is 3. The van der Waals surface area contributed by atoms with Crippen molar-refractivity contribution in [1.29, 1.82) is 0 Å². The van der Waals surface area contributed by atoms with Crippen molar-refractivity contribution in [3.05, 3.63) is 34.7 Å². The largest absolute Gasteiger partial charge is 0.376 e. The Bertz CT molecular complexity index is 851. The number of benzene rings is 1. The van der Waals surface area contributed by atoms with Gasteiger partial charge in [0.05, 0.1) is 18.4 Å². The first-order valence-electron chi connectivity index (χ1n) is 9.73. The number of nitrogens with zero attached hydrogens (tertiary/aromatic N) is 3. The van der Waals surface area contributed by atoms with Gasteiger partial charge in [0.15, 0.2) is 5.16 Å². The summed E-state index contributed by atoms with van der Waals surface area (Å²) in [5.41, 5.74) is 1.70. The standard InChI is InChI=1S/C19H25N5O3S/c25-17(20-14-5-7-15(8-6-14)23-9-1-2-10-23)13-28-19-22-21-18(26)24(19)12-16-4-3-11-27-16/h5-8,16H,1-4,9-13H2,(H,20,25)(H,21,26)/t16-/m1/s1. The fourth-order valence-electron chi connectivity index (χ4n) is 3.62. The number of H-pyrrole nitrogens is 1. The number of rotatable bonds is 7. The summed E-state index contributed by atoms with van der Waals surface area (Å²) >= 11 is 1.25. The minimum Gasteiger partial charge on any atom is -0.376 e. The Balaban J connectivity index is 1.30. The Hall–Kier alpha value is -2.26. The lowest BCUT2D eigenvalue weighted by Gasteiger charge is -2.17. The number of carbonyl (C=O) groups is 1. The molecular formula is C19H25N5O3S. The monoisotopic (exact) mass is 403 g/mol. The maximum Gasteiger partial charge on any atom is 0.344 e. The van der Waals surface area contributed by atoms with Crippen molar-refractivity contribution in [3.8, 4) is 0 Å². The molecule has 0 aliphatic carbocycles. The first kappa shape index (κ1) is 19.1. The molecule has 150 valence electrons. The zero-order chi connectivity index (χ0) is 19.3. The van der Waals surface area contributed by atoms with E-state index in [-0.39, 0.29) is 23.5 Å². The van der Waals surface area contributed by atoms with E-state index in [9.17, 15) is 9.59 Å². The highest BCUT2D eigenvalue weighted by molar-refractivity contribution is 7.99. The van der Waals surface area contributed by atoms with E-state index in [0.717, 1.165) is 38.2 Å². The maximum absolute atomic E-state index is 12.3. The average Bonchev–Trinajstić information content (AvgIpc) is 3.46. The zero-order valence-electron chi connectivity index (χ0n) is 15.7. The second-order valence-electron chi connectivity index (χ2n) is 7.13. The summed E-state index contributed by atoms with van der Waals surface area (Å²) in [6.45, 7) is 3.40. The average molecular weight is 404 g/mol. The van der Waals surface area contributed by atoms with Crippen LogP contribution in [0.2, 0.25) is 0 Å². The molecule has 0 unspecified atom stereocenters. The van der Waals surface area contributed by atoms with Crippen LogP contribution >= 0.6 is 11.8 Å². The lowest BCUT2D eigenvalue weighted by atomic mass is 10.2. The SMILES string of the molecule is O=C(CSc1n[nH]c(=O)n1C[C@H]1CCCO1)Nc1ccc(N2CCCC2)cc1. The molecule has 1 aromatic carbocycles. The van der Waals surface area contributed by atoms with Crippen LogP contribution in [0.3, 0.4) is 0 Å². The Labute approximate surface area is 167 Å². The lowest BCUT2D eigenvalue weighted by molar-refractivity contribution is -0.113. The normalized spacial score (nSPS) is 19.3. The molecule has 1 aromatic heterocycles. The second-order valence-corrected chi connectivity index (χ2v) is 8.08. The fourth-order valence-corrected chi connectivity index (χ4v) is 4.38. The van der Waals surface area contributed by atoms with Gasteiger partial charge in [-0.1, -0.05) is 11.8 Å². The summed E-state index contributed by atoms with van der Waals surface area (Å²) in [7, 11) is 0. The molecule has 8 nitrogen and oxygen atoms in total. The molecular weight excluding hydrogens is 378 g/mol. The summed E-state index contributed by atoms with van der Waals surface area (Å²) < 4.78 is 7.15. The van der Waals surface area contributed by atoms with Gasteiger partial charge in [-0.3, -0.25) is 9.36 Å². The number of hydrogen-bond acceptors (Lipinski definition) is 6. The third-order valence-electron chi connectivity index (χ3n) is 5.09. The summed E-state index contributed by atoms with van der Waals surface area (Å²) in [4.78, 5) is 26.6. The van der Waals surface area contributed by atoms with Crippen molar-refractivity contribution in [3.63, 3.8) is 0 Å². The Kier molecular flexibility index (Phi) is 6.01. The fraction of sp³-hybridized carbons (Fsp3) is 0.526. The molecule has 1 amide bonds. The quantitative estimate of drug-likeness (QED) is 0.688. The van der Waals surface area contributed by atoms with E-state index in [4.69, 9.17) is 4.74 Å². The van der Waals surface area contributed by atoms with Gasteiger partial charge in [-0.15, -0.1) is 5.10 Å². The van der Waals surface area contributed by atoms with Crippen molar-refractivity contribution < 1.29 is 9.53 Å². The molecule has 2 saturated heterocycles. The van der Waals surface area contributed by atoms with Gasteiger partial charge in [0.25, 0.3) is 0 Å². The van der Waals surface area contributed by atoms with Crippen LogP contribution in [0.5, 0.6) is 0 Å². The predicted molar refractivity (Wildman–Crippen MR) is 109 cm³/mol. The highest BCUT2D eigenvalue weighted by Gasteiger charge is 2.20. The van der Waals surface area contributed by atoms with E-state index in [0.29, 0.717) is 11.7 Å². The van der Waals surface area contributed by atoms with E-state index >= 15 is 0 Å². The summed E-state index contributed by atoms with van der Waals surface area (Å²) in [5, 5.41) is 9.92. The summed E-state index contributed by atoms with van der Waals surface area (Å²) in [6, 6.07) is 7.94. The van der Waals surface area contributed by atoms with E-state index in [1.807, 2.05) is 24.3 Å². The van der Waals surface area contributed by atoms with Gasteiger partial charge in [-0.25, -0.2) is 9.89 Å². The van der Waals surface area contributed by atoms with E-state index in [2.05, 4.69) is 20.4 Å². The molecule has 1 atom stereocenters. The topological polar surface area (TPSA) is 92.2 Å². The van der Waals surface area contributed by atoms with Gasteiger partial charge < -0.3 is 15.0 Å². The van der Waals surface area contributed by atoms with Gasteiger partial charge in [0, 0.05) is 31.1 Å². The van der Waals surface area contributed by atoms with Crippen LogP contribution in [-0.4, -0.2) is 52.2 Å². The molecule has 0 bridgehead atoms.